The fourth-order valence-electron chi connectivity index (χ4n) is 6.92. The van der Waals surface area contributed by atoms with Gasteiger partial charge in [0.25, 0.3) is 0 Å². The molecule has 1 heterocycles. The molecule has 1 aliphatic rings. The molecule has 0 saturated carbocycles. The lowest BCUT2D eigenvalue weighted by atomic mass is 9.57. The van der Waals surface area contributed by atoms with Gasteiger partial charge in [-0.1, -0.05) is 32.0 Å². The lowest BCUT2D eigenvalue weighted by molar-refractivity contribution is -0.891. The van der Waals surface area contributed by atoms with Crippen molar-refractivity contribution >= 4 is 16.8 Å². The molecule has 0 aliphatic heterocycles. The summed E-state index contributed by atoms with van der Waals surface area (Å²) in [5, 5.41) is 0. The number of hydrogen-bond donors (Lipinski definition) is 0. The van der Waals surface area contributed by atoms with Gasteiger partial charge in [-0.25, -0.2) is 9.37 Å². The molecule has 2 aromatic carbocycles. The minimum atomic E-state index is -0.173. The van der Waals surface area contributed by atoms with E-state index in [1.165, 1.54) is 11.1 Å². The van der Waals surface area contributed by atoms with Crippen molar-refractivity contribution in [2.75, 3.05) is 40.9 Å². The first kappa shape index (κ1) is 28.4. The van der Waals surface area contributed by atoms with Crippen molar-refractivity contribution in [3.05, 3.63) is 65.2 Å². The minimum Gasteiger partial charge on any atom is -0.377 e. The number of benzene rings is 2. The van der Waals surface area contributed by atoms with Gasteiger partial charge in [0.15, 0.2) is 5.78 Å². The van der Waals surface area contributed by atoms with Gasteiger partial charge in [0.2, 0.25) is 0 Å². The normalized spacial score (nSPS) is 19.7. The Kier molecular flexibility index (Phi) is 8.73. The second-order valence-corrected chi connectivity index (χ2v) is 12.4. The molecule has 1 aromatic heterocycles. The summed E-state index contributed by atoms with van der Waals surface area (Å²) < 4.78 is 22.4. The zero-order valence-electron chi connectivity index (χ0n) is 24.1. The largest absolute Gasteiger partial charge is 0.377 e. The van der Waals surface area contributed by atoms with E-state index in [9.17, 15) is 9.18 Å². The van der Waals surface area contributed by atoms with Crippen LogP contribution in [0.3, 0.4) is 0 Å². The molecule has 4 rings (SSSR count). The van der Waals surface area contributed by atoms with E-state index in [1.807, 2.05) is 12.1 Å². The number of imidazole rings is 1. The van der Waals surface area contributed by atoms with Crippen molar-refractivity contribution in [2.24, 2.45) is 18.4 Å². The molecule has 0 spiro atoms. The first-order valence-corrected chi connectivity index (χ1v) is 14.1. The minimum absolute atomic E-state index is 0.151. The van der Waals surface area contributed by atoms with Crippen LogP contribution in [0.15, 0.2) is 42.5 Å². The van der Waals surface area contributed by atoms with Crippen molar-refractivity contribution < 1.29 is 18.4 Å². The summed E-state index contributed by atoms with van der Waals surface area (Å²) in [7, 11) is 8.30. The van der Waals surface area contributed by atoms with E-state index in [4.69, 9.17) is 9.72 Å². The number of ketones is 1. The number of Topliss-reactive ketones (excluding diaryl/α,β-unsaturated/α-hetero) is 1. The maximum Gasteiger partial charge on any atom is 0.159 e. The zero-order chi connectivity index (χ0) is 27.5. The zero-order valence-corrected chi connectivity index (χ0v) is 24.1. The number of aromatic nitrogens is 2. The lowest BCUT2D eigenvalue weighted by Crippen LogP contribution is -2.47. The molecule has 0 N–H and O–H groups in total. The Morgan fingerprint density at radius 3 is 2.68 bits per heavy atom. The third kappa shape index (κ3) is 6.18. The number of carbonyl (C=O) groups excluding carboxylic acids is 1. The number of ether oxygens (including phenoxy) is 1. The van der Waals surface area contributed by atoms with Crippen LogP contribution in [0, 0.1) is 17.2 Å². The number of quaternary nitrogens is 1. The van der Waals surface area contributed by atoms with Crippen molar-refractivity contribution in [3.8, 4) is 0 Å². The van der Waals surface area contributed by atoms with E-state index < -0.39 is 0 Å². The van der Waals surface area contributed by atoms with Crippen LogP contribution in [0.4, 0.5) is 4.39 Å². The van der Waals surface area contributed by atoms with Crippen LogP contribution in [-0.2, 0) is 29.4 Å². The highest BCUT2D eigenvalue weighted by Crippen LogP contribution is 2.54. The molecule has 0 radical (unpaired) electrons. The Balaban J connectivity index is 1.50. The third-order valence-electron chi connectivity index (χ3n) is 8.77. The van der Waals surface area contributed by atoms with Gasteiger partial charge in [0, 0.05) is 39.8 Å². The van der Waals surface area contributed by atoms with Crippen LogP contribution in [0.2, 0.25) is 0 Å². The predicted octanol–water partition coefficient (Wildman–Crippen LogP) is 6.09. The highest BCUT2D eigenvalue weighted by Gasteiger charge is 2.46. The molecule has 6 heteroatoms. The lowest BCUT2D eigenvalue weighted by Gasteiger charge is -2.48. The maximum atomic E-state index is 14.1. The SMILES string of the molecule is COCC(=O)C[C@]1(CC[N+](C)(C)CCCc2nc3ccccc3n2C)CCc2cc(F)ccc2[C@@H]1C(C)C. The summed E-state index contributed by atoms with van der Waals surface area (Å²) >= 11 is 0. The molecule has 0 saturated heterocycles. The van der Waals surface area contributed by atoms with Gasteiger partial charge < -0.3 is 13.8 Å². The number of halogens is 1. The van der Waals surface area contributed by atoms with Crippen molar-refractivity contribution in [1.82, 2.24) is 9.55 Å². The Hall–Kier alpha value is -2.57. The van der Waals surface area contributed by atoms with Gasteiger partial charge in [-0.3, -0.25) is 4.79 Å². The molecule has 0 unspecified atom stereocenters. The number of aryl methyl sites for hydroxylation is 3. The van der Waals surface area contributed by atoms with E-state index in [0.29, 0.717) is 12.3 Å². The average Bonchev–Trinajstić information content (AvgIpc) is 3.18. The summed E-state index contributed by atoms with van der Waals surface area (Å²) in [6.45, 7) is 6.67. The van der Waals surface area contributed by atoms with Gasteiger partial charge in [-0.2, -0.15) is 0 Å². The number of para-hydroxylation sites is 2. The second-order valence-electron chi connectivity index (χ2n) is 12.4. The van der Waals surface area contributed by atoms with Gasteiger partial charge >= 0.3 is 0 Å². The Labute approximate surface area is 227 Å². The number of hydrogen-bond acceptors (Lipinski definition) is 3. The number of fused-ring (bicyclic) bond motifs is 2. The first-order chi connectivity index (χ1) is 18.0. The molecule has 206 valence electrons. The molecule has 38 heavy (non-hydrogen) atoms. The van der Waals surface area contributed by atoms with E-state index in [-0.39, 0.29) is 29.5 Å². The summed E-state index contributed by atoms with van der Waals surface area (Å²) in [6, 6.07) is 13.6. The van der Waals surface area contributed by atoms with Crippen LogP contribution in [-0.4, -0.2) is 60.7 Å². The number of methoxy groups -OCH3 is 1. The molecule has 0 bridgehead atoms. The number of carbonyl (C=O) groups is 1. The molecular formula is C32H45FN3O2+. The average molecular weight is 523 g/mol. The third-order valence-corrected chi connectivity index (χ3v) is 8.77. The van der Waals surface area contributed by atoms with E-state index in [1.54, 1.807) is 19.2 Å². The van der Waals surface area contributed by atoms with E-state index in [2.05, 4.69) is 57.8 Å². The Bertz CT molecular complexity index is 1260. The summed E-state index contributed by atoms with van der Waals surface area (Å²) in [5.41, 5.74) is 4.41. The molecule has 0 fully saturated rings. The Morgan fingerprint density at radius 1 is 1.21 bits per heavy atom. The summed E-state index contributed by atoms with van der Waals surface area (Å²) in [6.07, 6.45) is 5.19. The molecular weight excluding hydrogens is 477 g/mol. The highest BCUT2D eigenvalue weighted by molar-refractivity contribution is 5.80. The fraction of sp³-hybridized carbons (Fsp3) is 0.562. The molecule has 1 aliphatic carbocycles. The topological polar surface area (TPSA) is 44.1 Å². The van der Waals surface area contributed by atoms with Crippen LogP contribution in [0.1, 0.15) is 62.4 Å². The monoisotopic (exact) mass is 522 g/mol. The predicted molar refractivity (Wildman–Crippen MR) is 152 cm³/mol. The second kappa shape index (κ2) is 11.7. The fourth-order valence-corrected chi connectivity index (χ4v) is 6.92. The van der Waals surface area contributed by atoms with Crippen LogP contribution in [0.5, 0.6) is 0 Å². The molecule has 0 amide bonds. The standard InChI is InChI=1S/C32H45FN3O2/c1-23(2)31-27-14-13-25(33)20-24(27)15-16-32(31,21-26(37)22-38-6)17-19-36(4,5)18-9-12-30-34-28-10-7-8-11-29(28)35(30)3/h7-8,10-11,13-14,20,23,31H,9,12,15-19,21-22H2,1-6H3/q+1/t31-,32+/m0/s1. The van der Waals surface area contributed by atoms with E-state index in [0.717, 1.165) is 66.6 Å². The molecule has 5 nitrogen and oxygen atoms in total. The molecule has 3 aromatic rings. The van der Waals surface area contributed by atoms with Gasteiger partial charge in [-0.15, -0.1) is 0 Å². The maximum absolute atomic E-state index is 14.1. The van der Waals surface area contributed by atoms with Gasteiger partial charge in [0.05, 0.1) is 38.2 Å². The number of nitrogens with zero attached hydrogens (tertiary/aromatic N) is 3. The Morgan fingerprint density at radius 2 is 1.97 bits per heavy atom. The summed E-state index contributed by atoms with van der Waals surface area (Å²) in [5.74, 6) is 1.68. The summed E-state index contributed by atoms with van der Waals surface area (Å²) in [4.78, 5) is 17.9. The van der Waals surface area contributed by atoms with Crippen molar-refractivity contribution in [3.63, 3.8) is 0 Å². The number of rotatable bonds is 12. The van der Waals surface area contributed by atoms with E-state index >= 15 is 0 Å². The van der Waals surface area contributed by atoms with Gasteiger partial charge in [0.1, 0.15) is 18.2 Å². The smallest absolute Gasteiger partial charge is 0.159 e. The van der Waals surface area contributed by atoms with Crippen LogP contribution < -0.4 is 0 Å². The first-order valence-electron chi connectivity index (χ1n) is 14.1. The highest BCUT2D eigenvalue weighted by atomic mass is 19.1. The van der Waals surface area contributed by atoms with Crippen LogP contribution in [0.25, 0.3) is 11.0 Å². The van der Waals surface area contributed by atoms with Crippen molar-refractivity contribution in [1.29, 1.82) is 0 Å². The van der Waals surface area contributed by atoms with Crippen LogP contribution >= 0.6 is 0 Å². The molecule has 2 atom stereocenters. The van der Waals surface area contributed by atoms with Crippen molar-refractivity contribution in [2.45, 2.75) is 58.3 Å². The van der Waals surface area contributed by atoms with Gasteiger partial charge in [-0.05, 0) is 65.5 Å². The quantitative estimate of drug-likeness (QED) is 0.271.